The molecule has 0 heterocycles. The number of Topliss-reactive ketones (excluding diaryl/α,β-unsaturated/α-hetero) is 1. The smallest absolute Gasteiger partial charge is 0.307 e. The third-order valence-electron chi connectivity index (χ3n) is 4.11. The first-order chi connectivity index (χ1) is 8.68. The van der Waals surface area contributed by atoms with Crippen molar-refractivity contribution in [2.24, 2.45) is 23.7 Å². The number of carboxylic acids is 1. The van der Waals surface area contributed by atoms with Crippen LogP contribution in [-0.4, -0.2) is 16.9 Å². The van der Waals surface area contributed by atoms with E-state index in [1.807, 2.05) is 30.4 Å². The van der Waals surface area contributed by atoms with Crippen molar-refractivity contribution < 1.29 is 14.7 Å². The second-order valence-corrected chi connectivity index (χ2v) is 5.07. The Kier molecular flexibility index (Phi) is 2.54. The monoisotopic (exact) mass is 242 g/mol. The zero-order valence-electron chi connectivity index (χ0n) is 9.82. The van der Waals surface area contributed by atoms with Gasteiger partial charge in [-0.2, -0.15) is 0 Å². The minimum Gasteiger partial charge on any atom is -0.481 e. The maximum atomic E-state index is 12.5. The van der Waals surface area contributed by atoms with E-state index in [2.05, 4.69) is 0 Å². The van der Waals surface area contributed by atoms with Gasteiger partial charge in [-0.3, -0.25) is 9.59 Å². The molecule has 2 aliphatic carbocycles. The SMILES string of the molecule is O=C(c1ccccc1)[C@H]1[C@H](C(=O)O)[C@H]2C=C[C@@H]1C2. The molecular formula is C15H14O3. The summed E-state index contributed by atoms with van der Waals surface area (Å²) in [5, 5.41) is 9.32. The molecule has 2 aliphatic rings. The van der Waals surface area contributed by atoms with E-state index in [0.717, 1.165) is 6.42 Å². The molecule has 0 radical (unpaired) electrons. The van der Waals surface area contributed by atoms with E-state index in [9.17, 15) is 14.7 Å². The number of ketones is 1. The van der Waals surface area contributed by atoms with Crippen molar-refractivity contribution in [3.05, 3.63) is 48.0 Å². The zero-order valence-corrected chi connectivity index (χ0v) is 9.82. The highest BCUT2D eigenvalue weighted by molar-refractivity contribution is 6.00. The summed E-state index contributed by atoms with van der Waals surface area (Å²) in [5.74, 6) is -1.68. The number of carbonyl (C=O) groups is 2. The summed E-state index contributed by atoms with van der Waals surface area (Å²) in [7, 11) is 0. The first-order valence-corrected chi connectivity index (χ1v) is 6.19. The van der Waals surface area contributed by atoms with Crippen LogP contribution in [-0.2, 0) is 4.79 Å². The average Bonchev–Trinajstić information content (AvgIpc) is 2.99. The summed E-state index contributed by atoms with van der Waals surface area (Å²) < 4.78 is 0. The van der Waals surface area contributed by atoms with Gasteiger partial charge in [0.05, 0.1) is 5.92 Å². The number of fused-ring (bicyclic) bond motifs is 2. The molecule has 0 aliphatic heterocycles. The third kappa shape index (κ3) is 1.58. The van der Waals surface area contributed by atoms with Crippen molar-refractivity contribution in [1.29, 1.82) is 0 Å². The summed E-state index contributed by atoms with van der Waals surface area (Å²) in [6, 6.07) is 9.00. The molecule has 0 unspecified atom stereocenters. The van der Waals surface area contributed by atoms with Gasteiger partial charge in [-0.05, 0) is 18.3 Å². The van der Waals surface area contributed by atoms with Crippen molar-refractivity contribution >= 4 is 11.8 Å². The van der Waals surface area contributed by atoms with E-state index in [4.69, 9.17) is 0 Å². The normalized spacial score (nSPS) is 32.7. The van der Waals surface area contributed by atoms with Crippen molar-refractivity contribution in [2.75, 3.05) is 0 Å². The Balaban J connectivity index is 1.94. The molecule has 1 N–H and O–H groups in total. The number of rotatable bonds is 3. The Morgan fingerprint density at radius 1 is 1.00 bits per heavy atom. The molecule has 2 bridgehead atoms. The van der Waals surface area contributed by atoms with E-state index >= 15 is 0 Å². The molecule has 3 nitrogen and oxygen atoms in total. The van der Waals surface area contributed by atoms with Crippen molar-refractivity contribution in [3.8, 4) is 0 Å². The summed E-state index contributed by atoms with van der Waals surface area (Å²) in [6.45, 7) is 0. The maximum absolute atomic E-state index is 12.5. The second-order valence-electron chi connectivity index (χ2n) is 5.07. The lowest BCUT2D eigenvalue weighted by Gasteiger charge is -2.23. The molecule has 18 heavy (non-hydrogen) atoms. The first-order valence-electron chi connectivity index (χ1n) is 6.19. The Bertz CT molecular complexity index is 518. The number of carboxylic acid groups (broad SMARTS) is 1. The van der Waals surface area contributed by atoms with Gasteiger partial charge in [0.25, 0.3) is 0 Å². The molecule has 1 aromatic carbocycles. The number of aliphatic carboxylic acids is 1. The molecule has 1 aromatic rings. The third-order valence-corrected chi connectivity index (χ3v) is 4.11. The summed E-state index contributed by atoms with van der Waals surface area (Å²) >= 11 is 0. The number of allylic oxidation sites excluding steroid dienone is 2. The van der Waals surface area contributed by atoms with Gasteiger partial charge in [0, 0.05) is 11.5 Å². The fraction of sp³-hybridized carbons (Fsp3) is 0.333. The molecule has 0 aromatic heterocycles. The van der Waals surface area contributed by atoms with Gasteiger partial charge in [-0.15, -0.1) is 0 Å². The molecule has 4 atom stereocenters. The van der Waals surface area contributed by atoms with Crippen LogP contribution in [0.2, 0.25) is 0 Å². The summed E-state index contributed by atoms with van der Waals surface area (Å²) in [6.07, 6.45) is 4.77. The van der Waals surface area contributed by atoms with Crippen molar-refractivity contribution in [3.63, 3.8) is 0 Å². The standard InChI is InChI=1S/C15H14O3/c16-14(9-4-2-1-3-5-9)12-10-6-7-11(8-10)13(12)15(17)18/h1-7,10-13H,8H2,(H,17,18)/t10-,11+,12-,13-/m1/s1. The fourth-order valence-corrected chi connectivity index (χ4v) is 3.31. The van der Waals surface area contributed by atoms with Gasteiger partial charge in [0.15, 0.2) is 5.78 Å². The Morgan fingerprint density at radius 2 is 1.61 bits per heavy atom. The number of hydrogen-bond acceptors (Lipinski definition) is 2. The molecule has 0 saturated heterocycles. The zero-order chi connectivity index (χ0) is 12.7. The number of carbonyl (C=O) groups excluding carboxylic acids is 1. The Labute approximate surface area is 105 Å². The van der Waals surface area contributed by atoms with Crippen LogP contribution >= 0.6 is 0 Å². The molecular weight excluding hydrogens is 228 g/mol. The van der Waals surface area contributed by atoms with Crippen LogP contribution in [0.1, 0.15) is 16.8 Å². The van der Waals surface area contributed by atoms with Gasteiger partial charge in [-0.1, -0.05) is 42.5 Å². The van der Waals surface area contributed by atoms with Gasteiger partial charge >= 0.3 is 5.97 Å². The largest absolute Gasteiger partial charge is 0.481 e. The minimum absolute atomic E-state index is 0.0279. The van der Waals surface area contributed by atoms with Crippen molar-refractivity contribution in [1.82, 2.24) is 0 Å². The molecule has 3 heteroatoms. The van der Waals surface area contributed by atoms with E-state index in [1.165, 1.54) is 0 Å². The summed E-state index contributed by atoms with van der Waals surface area (Å²) in [5.41, 5.74) is 0.620. The van der Waals surface area contributed by atoms with Gasteiger partial charge < -0.3 is 5.11 Å². The minimum atomic E-state index is -0.846. The molecule has 1 saturated carbocycles. The molecule has 3 rings (SSSR count). The lowest BCUT2D eigenvalue weighted by molar-refractivity contribution is -0.143. The fourth-order valence-electron chi connectivity index (χ4n) is 3.31. The van der Waals surface area contributed by atoms with Crippen LogP contribution in [0.3, 0.4) is 0 Å². The lowest BCUT2D eigenvalue weighted by atomic mass is 9.78. The molecule has 0 amide bonds. The van der Waals surface area contributed by atoms with E-state index < -0.39 is 11.9 Å². The first kappa shape index (κ1) is 11.2. The van der Waals surface area contributed by atoms with Gasteiger partial charge in [-0.25, -0.2) is 0 Å². The van der Waals surface area contributed by atoms with E-state index in [-0.39, 0.29) is 23.5 Å². The highest BCUT2D eigenvalue weighted by Crippen LogP contribution is 2.49. The topological polar surface area (TPSA) is 54.4 Å². The van der Waals surface area contributed by atoms with Gasteiger partial charge in [0.2, 0.25) is 0 Å². The Morgan fingerprint density at radius 3 is 2.22 bits per heavy atom. The van der Waals surface area contributed by atoms with Crippen LogP contribution in [0.4, 0.5) is 0 Å². The average molecular weight is 242 g/mol. The molecule has 92 valence electrons. The number of hydrogen-bond donors (Lipinski definition) is 1. The summed E-state index contributed by atoms with van der Waals surface area (Å²) in [4.78, 5) is 23.8. The molecule has 0 spiro atoms. The highest BCUT2D eigenvalue weighted by atomic mass is 16.4. The van der Waals surface area contributed by atoms with Crippen LogP contribution in [0, 0.1) is 23.7 Å². The lowest BCUT2D eigenvalue weighted by Crippen LogP contribution is -2.33. The van der Waals surface area contributed by atoms with Crippen molar-refractivity contribution in [2.45, 2.75) is 6.42 Å². The Hall–Kier alpha value is -1.90. The second kappa shape index (κ2) is 4.09. The van der Waals surface area contributed by atoms with E-state index in [0.29, 0.717) is 5.56 Å². The predicted molar refractivity (Wildman–Crippen MR) is 66.1 cm³/mol. The van der Waals surface area contributed by atoms with Crippen LogP contribution in [0.15, 0.2) is 42.5 Å². The van der Waals surface area contributed by atoms with Crippen LogP contribution in [0.5, 0.6) is 0 Å². The number of benzene rings is 1. The van der Waals surface area contributed by atoms with Crippen LogP contribution in [0.25, 0.3) is 0 Å². The quantitative estimate of drug-likeness (QED) is 0.654. The predicted octanol–water partition coefficient (Wildman–Crippen LogP) is 2.39. The molecule has 1 fully saturated rings. The van der Waals surface area contributed by atoms with Crippen LogP contribution < -0.4 is 0 Å². The van der Waals surface area contributed by atoms with Gasteiger partial charge in [0.1, 0.15) is 0 Å². The maximum Gasteiger partial charge on any atom is 0.307 e. The van der Waals surface area contributed by atoms with E-state index in [1.54, 1.807) is 12.1 Å². The highest BCUT2D eigenvalue weighted by Gasteiger charge is 2.51.